The minimum atomic E-state index is -0.413. The van der Waals surface area contributed by atoms with E-state index in [1.54, 1.807) is 0 Å². The molecule has 2 aromatic carbocycles. The van der Waals surface area contributed by atoms with Gasteiger partial charge in [0.15, 0.2) is 5.72 Å². The van der Waals surface area contributed by atoms with Crippen molar-refractivity contribution in [3.05, 3.63) is 65.2 Å². The van der Waals surface area contributed by atoms with E-state index in [0.29, 0.717) is 0 Å². The van der Waals surface area contributed by atoms with Crippen molar-refractivity contribution in [1.82, 2.24) is 0 Å². The second-order valence-electron chi connectivity index (χ2n) is 8.16. The summed E-state index contributed by atoms with van der Waals surface area (Å²) in [6.07, 6.45) is 4.47. The molecule has 1 unspecified atom stereocenters. The van der Waals surface area contributed by atoms with Crippen molar-refractivity contribution in [3.63, 3.8) is 0 Å². The predicted molar refractivity (Wildman–Crippen MR) is 110 cm³/mol. The Morgan fingerprint density at radius 3 is 2.50 bits per heavy atom. The molecule has 1 fully saturated rings. The van der Waals surface area contributed by atoms with E-state index in [0.717, 1.165) is 13.2 Å². The summed E-state index contributed by atoms with van der Waals surface area (Å²) in [5, 5.41) is 0. The van der Waals surface area contributed by atoms with Gasteiger partial charge in [-0.15, -0.1) is 0 Å². The maximum atomic E-state index is 6.42. The molecule has 1 atom stereocenters. The summed E-state index contributed by atoms with van der Waals surface area (Å²) in [7, 11) is 4.13. The van der Waals surface area contributed by atoms with E-state index >= 15 is 0 Å². The number of ether oxygens (including phenoxy) is 1. The summed E-state index contributed by atoms with van der Waals surface area (Å²) < 4.78 is 6.42. The zero-order valence-electron chi connectivity index (χ0n) is 16.4. The van der Waals surface area contributed by atoms with Crippen LogP contribution in [-0.4, -0.2) is 33.0 Å². The van der Waals surface area contributed by atoms with Crippen LogP contribution in [0.5, 0.6) is 0 Å². The third-order valence-electron chi connectivity index (χ3n) is 5.96. The van der Waals surface area contributed by atoms with E-state index in [1.807, 2.05) is 0 Å². The summed E-state index contributed by atoms with van der Waals surface area (Å²) in [6.45, 7) is 8.46. The molecule has 2 aliphatic rings. The monoisotopic (exact) mass is 348 g/mol. The van der Waals surface area contributed by atoms with Gasteiger partial charge in [-0.05, 0) is 42.3 Å². The Morgan fingerprint density at radius 2 is 1.81 bits per heavy atom. The van der Waals surface area contributed by atoms with Crippen LogP contribution < -0.4 is 9.80 Å². The van der Waals surface area contributed by atoms with E-state index in [9.17, 15) is 0 Å². The Bertz CT molecular complexity index is 851. The molecule has 136 valence electrons. The van der Waals surface area contributed by atoms with Crippen molar-refractivity contribution in [2.75, 3.05) is 37.0 Å². The highest BCUT2D eigenvalue weighted by Crippen LogP contribution is 2.55. The molecule has 1 saturated heterocycles. The van der Waals surface area contributed by atoms with Crippen LogP contribution in [-0.2, 0) is 10.2 Å². The number of benzene rings is 2. The highest BCUT2D eigenvalue weighted by Gasteiger charge is 2.59. The SMILES string of the molecule is Cc1ccc2c(c1)C(C)(C)C1(/C=C/c3ccc(N(C)C)cc3)OCCN21. The first-order valence-corrected chi connectivity index (χ1v) is 9.34. The first-order chi connectivity index (χ1) is 12.3. The Balaban J connectivity index is 1.73. The molecule has 0 bridgehead atoms. The summed E-state index contributed by atoms with van der Waals surface area (Å²) in [5.74, 6) is 0. The third kappa shape index (κ3) is 2.38. The first kappa shape index (κ1) is 17.2. The molecule has 2 heterocycles. The highest BCUT2D eigenvalue weighted by molar-refractivity contribution is 5.70. The summed E-state index contributed by atoms with van der Waals surface area (Å²) in [6, 6.07) is 15.4. The van der Waals surface area contributed by atoms with Gasteiger partial charge in [-0.1, -0.05) is 49.8 Å². The van der Waals surface area contributed by atoms with Crippen LogP contribution in [0.3, 0.4) is 0 Å². The van der Waals surface area contributed by atoms with Gasteiger partial charge in [-0.2, -0.15) is 0 Å². The van der Waals surface area contributed by atoms with Crippen LogP contribution in [0.1, 0.15) is 30.5 Å². The van der Waals surface area contributed by atoms with E-state index in [-0.39, 0.29) is 5.41 Å². The second-order valence-corrected chi connectivity index (χ2v) is 8.16. The molecule has 3 nitrogen and oxygen atoms in total. The minimum Gasteiger partial charge on any atom is -0.378 e. The van der Waals surface area contributed by atoms with Crippen LogP contribution in [0, 0.1) is 6.92 Å². The molecule has 4 rings (SSSR count). The maximum absolute atomic E-state index is 6.42. The molecule has 3 heteroatoms. The summed E-state index contributed by atoms with van der Waals surface area (Å²) in [4.78, 5) is 4.56. The Hall–Kier alpha value is -2.26. The van der Waals surface area contributed by atoms with Crippen molar-refractivity contribution in [3.8, 4) is 0 Å². The largest absolute Gasteiger partial charge is 0.378 e. The van der Waals surface area contributed by atoms with Gasteiger partial charge in [-0.25, -0.2) is 0 Å². The van der Waals surface area contributed by atoms with Gasteiger partial charge in [0.1, 0.15) is 0 Å². The van der Waals surface area contributed by atoms with Gasteiger partial charge in [0.25, 0.3) is 0 Å². The van der Waals surface area contributed by atoms with E-state index in [2.05, 4.69) is 99.3 Å². The molecular formula is C23H28N2O. The molecule has 0 saturated carbocycles. The number of rotatable bonds is 3. The summed E-state index contributed by atoms with van der Waals surface area (Å²) >= 11 is 0. The lowest BCUT2D eigenvalue weighted by atomic mass is 9.77. The van der Waals surface area contributed by atoms with Crippen molar-refractivity contribution in [2.24, 2.45) is 0 Å². The van der Waals surface area contributed by atoms with Crippen LogP contribution >= 0.6 is 0 Å². The Morgan fingerprint density at radius 1 is 1.08 bits per heavy atom. The average Bonchev–Trinajstić information content (AvgIpc) is 3.11. The van der Waals surface area contributed by atoms with Gasteiger partial charge >= 0.3 is 0 Å². The topological polar surface area (TPSA) is 15.7 Å². The quantitative estimate of drug-likeness (QED) is 0.806. The Labute approximate surface area is 156 Å². The molecule has 2 aromatic rings. The van der Waals surface area contributed by atoms with Crippen molar-refractivity contribution in [1.29, 1.82) is 0 Å². The van der Waals surface area contributed by atoms with Crippen molar-refractivity contribution >= 4 is 17.5 Å². The van der Waals surface area contributed by atoms with Crippen LogP contribution in [0.2, 0.25) is 0 Å². The van der Waals surface area contributed by atoms with Gasteiger partial charge in [0.2, 0.25) is 0 Å². The fourth-order valence-corrected chi connectivity index (χ4v) is 4.37. The molecule has 2 aliphatic heterocycles. The second kappa shape index (κ2) is 5.88. The number of anilines is 2. The Kier molecular flexibility index (Phi) is 3.89. The van der Waals surface area contributed by atoms with E-state index in [4.69, 9.17) is 4.74 Å². The molecular weight excluding hydrogens is 320 g/mol. The summed E-state index contributed by atoms with van der Waals surface area (Å²) in [5.41, 5.74) is 5.88. The molecule has 26 heavy (non-hydrogen) atoms. The zero-order valence-corrected chi connectivity index (χ0v) is 16.4. The number of hydrogen-bond acceptors (Lipinski definition) is 3. The van der Waals surface area contributed by atoms with Gasteiger partial charge in [0.05, 0.1) is 6.61 Å². The molecule has 0 N–H and O–H groups in total. The standard InChI is InChI=1S/C23H28N2O/c1-17-6-11-21-20(16-17)22(2,3)23(25(21)14-15-26-23)13-12-18-7-9-19(10-8-18)24(4)5/h6-13,16H,14-15H2,1-5H3/b13-12+. The molecule has 0 spiro atoms. The number of fused-ring (bicyclic) bond motifs is 3. The van der Waals surface area contributed by atoms with Crippen molar-refractivity contribution < 1.29 is 4.74 Å². The molecule has 0 radical (unpaired) electrons. The first-order valence-electron chi connectivity index (χ1n) is 9.34. The average molecular weight is 348 g/mol. The predicted octanol–water partition coefficient (Wildman–Crippen LogP) is 4.60. The van der Waals surface area contributed by atoms with Gasteiger partial charge in [-0.3, -0.25) is 0 Å². The fraction of sp³-hybridized carbons (Fsp3) is 0.391. The van der Waals surface area contributed by atoms with Crippen molar-refractivity contribution in [2.45, 2.75) is 31.9 Å². The maximum Gasteiger partial charge on any atom is 0.170 e. The highest BCUT2D eigenvalue weighted by atomic mass is 16.5. The van der Waals surface area contributed by atoms with Gasteiger partial charge in [0, 0.05) is 37.4 Å². The number of hydrogen-bond donors (Lipinski definition) is 0. The minimum absolute atomic E-state index is 0.106. The number of nitrogens with zero attached hydrogens (tertiary/aromatic N) is 2. The smallest absolute Gasteiger partial charge is 0.170 e. The van der Waals surface area contributed by atoms with E-state index in [1.165, 1.54) is 28.1 Å². The lowest BCUT2D eigenvalue weighted by molar-refractivity contribution is 0.000329. The van der Waals surface area contributed by atoms with Crippen LogP contribution in [0.4, 0.5) is 11.4 Å². The zero-order chi connectivity index (χ0) is 18.5. The molecule has 0 aliphatic carbocycles. The third-order valence-corrected chi connectivity index (χ3v) is 5.96. The fourth-order valence-electron chi connectivity index (χ4n) is 4.37. The molecule has 0 aromatic heterocycles. The normalized spacial score (nSPS) is 23.3. The molecule has 0 amide bonds. The van der Waals surface area contributed by atoms with Gasteiger partial charge < -0.3 is 14.5 Å². The lowest BCUT2D eigenvalue weighted by Gasteiger charge is -2.39. The number of aryl methyl sites for hydroxylation is 1. The van der Waals surface area contributed by atoms with Crippen LogP contribution in [0.15, 0.2) is 48.5 Å². The van der Waals surface area contributed by atoms with Crippen LogP contribution in [0.25, 0.3) is 6.08 Å². The van der Waals surface area contributed by atoms with E-state index < -0.39 is 5.72 Å². The lowest BCUT2D eigenvalue weighted by Crippen LogP contribution is -2.51.